The van der Waals surface area contributed by atoms with Crippen LogP contribution in [0.25, 0.3) is 0 Å². The largest absolute Gasteiger partial charge is 0.458 e. The molecule has 1 aromatic heterocycles. The molecule has 0 aromatic carbocycles. The molecule has 3 saturated heterocycles. The summed E-state index contributed by atoms with van der Waals surface area (Å²) in [6.07, 6.45) is 6.72. The lowest BCUT2D eigenvalue weighted by molar-refractivity contribution is -0.124. The predicted molar refractivity (Wildman–Crippen MR) is 99.1 cm³/mol. The van der Waals surface area contributed by atoms with E-state index in [1.165, 1.54) is 0 Å². The highest BCUT2D eigenvalue weighted by Crippen LogP contribution is 2.37. The van der Waals surface area contributed by atoms with Crippen LogP contribution in [0.2, 0.25) is 0 Å². The molecule has 3 fully saturated rings. The second kappa shape index (κ2) is 8.02. The number of hydrogen-bond donors (Lipinski definition) is 3. The Labute approximate surface area is 159 Å². The average molecular weight is 375 g/mol. The second-order valence-corrected chi connectivity index (χ2v) is 8.20. The van der Waals surface area contributed by atoms with E-state index in [0.717, 1.165) is 45.2 Å². The maximum absolute atomic E-state index is 12.2. The number of hydrogen-bond acceptors (Lipinski definition) is 5. The van der Waals surface area contributed by atoms with Gasteiger partial charge in [0.05, 0.1) is 0 Å². The Morgan fingerprint density at radius 1 is 1.33 bits per heavy atom. The van der Waals surface area contributed by atoms with Crippen molar-refractivity contribution in [2.24, 2.45) is 11.8 Å². The third kappa shape index (κ3) is 4.04. The summed E-state index contributed by atoms with van der Waals surface area (Å²) in [5.41, 5.74) is 0.480. The van der Waals surface area contributed by atoms with E-state index in [9.17, 15) is 14.7 Å². The van der Waals surface area contributed by atoms with Crippen LogP contribution in [0.1, 0.15) is 49.0 Å². The first-order chi connectivity index (χ1) is 13.1. The maximum atomic E-state index is 12.2. The van der Waals surface area contributed by atoms with Gasteiger partial charge in [-0.25, -0.2) is 4.79 Å². The summed E-state index contributed by atoms with van der Waals surface area (Å²) in [6.45, 7) is 1.94. The van der Waals surface area contributed by atoms with E-state index in [-0.39, 0.29) is 42.6 Å². The molecule has 0 aliphatic carbocycles. The summed E-state index contributed by atoms with van der Waals surface area (Å²) >= 11 is 0. The predicted octanol–water partition coefficient (Wildman–Crippen LogP) is 1.30. The Kier molecular flexibility index (Phi) is 5.50. The lowest BCUT2D eigenvalue weighted by Crippen LogP contribution is -2.59. The Hall–Kier alpha value is -1.86. The van der Waals surface area contributed by atoms with E-state index in [1.54, 1.807) is 18.3 Å². The monoisotopic (exact) mass is 375 g/mol. The molecule has 3 N–H and O–H groups in total. The third-order valence-corrected chi connectivity index (χ3v) is 6.49. The lowest BCUT2D eigenvalue weighted by atomic mass is 9.75. The SMILES string of the molecule is O=C1CCC[C@H]([C@@H]2C[C@@H](CO)[C@@H]3C[C@H](OC(=O)c4ccc[nH]4)CCN3C2)N1. The summed E-state index contributed by atoms with van der Waals surface area (Å²) in [5.74, 6) is 0.400. The molecule has 7 heteroatoms. The van der Waals surface area contributed by atoms with E-state index < -0.39 is 0 Å². The first-order valence-electron chi connectivity index (χ1n) is 10.1. The summed E-state index contributed by atoms with van der Waals surface area (Å²) in [5, 5.41) is 13.1. The van der Waals surface area contributed by atoms with Crippen LogP contribution in [-0.4, -0.2) is 64.8 Å². The Balaban J connectivity index is 1.37. The Bertz CT molecular complexity index is 654. The molecule has 0 saturated carbocycles. The number of aliphatic hydroxyl groups excluding tert-OH is 1. The number of fused-ring (bicyclic) bond motifs is 1. The molecule has 27 heavy (non-hydrogen) atoms. The fraction of sp³-hybridized carbons (Fsp3) is 0.700. The number of ether oxygens (including phenoxy) is 1. The van der Waals surface area contributed by atoms with Gasteiger partial charge in [0.1, 0.15) is 11.8 Å². The fourth-order valence-electron chi connectivity index (χ4n) is 5.11. The van der Waals surface area contributed by atoms with Gasteiger partial charge in [0.25, 0.3) is 0 Å². The van der Waals surface area contributed by atoms with E-state index in [2.05, 4.69) is 15.2 Å². The summed E-state index contributed by atoms with van der Waals surface area (Å²) in [7, 11) is 0. The highest BCUT2D eigenvalue weighted by atomic mass is 16.5. The van der Waals surface area contributed by atoms with Gasteiger partial charge in [-0.05, 0) is 49.7 Å². The number of H-pyrrole nitrogens is 1. The molecule has 3 aliphatic rings. The van der Waals surface area contributed by atoms with Crippen molar-refractivity contribution in [3.05, 3.63) is 24.0 Å². The van der Waals surface area contributed by atoms with E-state index >= 15 is 0 Å². The van der Waals surface area contributed by atoms with Gasteiger partial charge >= 0.3 is 5.97 Å². The highest BCUT2D eigenvalue weighted by Gasteiger charge is 2.43. The minimum atomic E-state index is -0.308. The number of aromatic nitrogens is 1. The van der Waals surface area contributed by atoms with Crippen LogP contribution in [0, 0.1) is 11.8 Å². The number of carbonyl (C=O) groups excluding carboxylic acids is 2. The van der Waals surface area contributed by atoms with Crippen molar-refractivity contribution in [1.82, 2.24) is 15.2 Å². The zero-order valence-corrected chi connectivity index (χ0v) is 15.6. The topological polar surface area (TPSA) is 94.7 Å². The van der Waals surface area contributed by atoms with Crippen LogP contribution in [0.3, 0.4) is 0 Å². The van der Waals surface area contributed by atoms with Gasteiger partial charge in [0, 0.05) is 50.8 Å². The lowest BCUT2D eigenvalue weighted by Gasteiger charge is -2.50. The number of piperidine rings is 3. The highest BCUT2D eigenvalue weighted by molar-refractivity contribution is 5.87. The quantitative estimate of drug-likeness (QED) is 0.690. The van der Waals surface area contributed by atoms with Crippen molar-refractivity contribution in [1.29, 1.82) is 0 Å². The molecule has 0 bridgehead atoms. The van der Waals surface area contributed by atoms with Gasteiger partial charge < -0.3 is 20.1 Å². The minimum Gasteiger partial charge on any atom is -0.458 e. The molecule has 4 rings (SSSR count). The van der Waals surface area contributed by atoms with Crippen molar-refractivity contribution < 1.29 is 19.4 Å². The van der Waals surface area contributed by atoms with Gasteiger partial charge in [-0.3, -0.25) is 9.69 Å². The van der Waals surface area contributed by atoms with Gasteiger partial charge in [-0.2, -0.15) is 0 Å². The number of nitrogens with zero attached hydrogens (tertiary/aromatic N) is 1. The molecule has 5 atom stereocenters. The van der Waals surface area contributed by atoms with Gasteiger partial charge in [-0.15, -0.1) is 0 Å². The van der Waals surface area contributed by atoms with E-state index in [4.69, 9.17) is 4.74 Å². The molecule has 148 valence electrons. The molecule has 1 amide bonds. The second-order valence-electron chi connectivity index (χ2n) is 8.20. The minimum absolute atomic E-state index is 0.109. The van der Waals surface area contributed by atoms with Crippen LogP contribution in [0.5, 0.6) is 0 Å². The Morgan fingerprint density at radius 3 is 2.96 bits per heavy atom. The van der Waals surface area contributed by atoms with Crippen LogP contribution < -0.4 is 5.32 Å². The van der Waals surface area contributed by atoms with Gasteiger partial charge in [-0.1, -0.05) is 0 Å². The summed E-state index contributed by atoms with van der Waals surface area (Å²) in [6, 6.07) is 3.97. The summed E-state index contributed by atoms with van der Waals surface area (Å²) in [4.78, 5) is 29.3. The first kappa shape index (κ1) is 18.5. The fourth-order valence-corrected chi connectivity index (χ4v) is 5.11. The molecule has 7 nitrogen and oxygen atoms in total. The normalized spacial score (nSPS) is 34.6. The number of amides is 1. The smallest absolute Gasteiger partial charge is 0.355 e. The van der Waals surface area contributed by atoms with Crippen LogP contribution in [-0.2, 0) is 9.53 Å². The standard InChI is InChI=1S/C20H29N3O4/c24-12-14-9-13(16-3-1-5-19(25)22-16)11-23-8-6-15(10-18(14)23)27-20(26)17-4-2-7-21-17/h2,4,7,13-16,18,21,24H,1,3,5-6,8-12H2,(H,22,25)/t13-,14+,15-,16-,18+/m1/s1. The molecule has 0 spiro atoms. The average Bonchev–Trinajstić information content (AvgIpc) is 3.22. The van der Waals surface area contributed by atoms with E-state index in [1.807, 2.05) is 0 Å². The van der Waals surface area contributed by atoms with Crippen molar-refractivity contribution in [3.8, 4) is 0 Å². The molecule has 4 heterocycles. The van der Waals surface area contributed by atoms with Crippen molar-refractivity contribution in [2.45, 2.75) is 56.7 Å². The maximum Gasteiger partial charge on any atom is 0.355 e. The first-order valence-corrected chi connectivity index (χ1v) is 10.1. The number of carbonyl (C=O) groups is 2. The van der Waals surface area contributed by atoms with Gasteiger partial charge in [0.2, 0.25) is 5.91 Å². The van der Waals surface area contributed by atoms with Crippen molar-refractivity contribution in [3.63, 3.8) is 0 Å². The number of esters is 1. The molecule has 3 aliphatic heterocycles. The molecule has 1 aromatic rings. The number of aliphatic hydroxyl groups is 1. The van der Waals surface area contributed by atoms with E-state index in [0.29, 0.717) is 18.0 Å². The molecule has 0 unspecified atom stereocenters. The Morgan fingerprint density at radius 2 is 2.22 bits per heavy atom. The number of aromatic amines is 1. The summed E-state index contributed by atoms with van der Waals surface area (Å²) < 4.78 is 5.70. The zero-order chi connectivity index (χ0) is 18.8. The van der Waals surface area contributed by atoms with Gasteiger partial charge in [0.15, 0.2) is 0 Å². The van der Waals surface area contributed by atoms with Crippen LogP contribution in [0.15, 0.2) is 18.3 Å². The van der Waals surface area contributed by atoms with Crippen molar-refractivity contribution >= 4 is 11.9 Å². The molecular weight excluding hydrogens is 346 g/mol. The zero-order valence-electron chi connectivity index (χ0n) is 15.6. The van der Waals surface area contributed by atoms with Crippen LogP contribution >= 0.6 is 0 Å². The molecule has 0 radical (unpaired) electrons. The third-order valence-electron chi connectivity index (χ3n) is 6.49. The van der Waals surface area contributed by atoms with Crippen LogP contribution in [0.4, 0.5) is 0 Å². The molecular formula is C20H29N3O4. The van der Waals surface area contributed by atoms with Crippen molar-refractivity contribution in [2.75, 3.05) is 19.7 Å². The number of nitrogens with one attached hydrogen (secondary N) is 2. The number of rotatable bonds is 4.